The number of nitroso groups, excluding NO2 is 1. The predicted molar refractivity (Wildman–Crippen MR) is 70.2 cm³/mol. The molecule has 18 heavy (non-hydrogen) atoms. The van der Waals surface area contributed by atoms with Crippen LogP contribution in [0.1, 0.15) is 5.56 Å². The van der Waals surface area contributed by atoms with Gasteiger partial charge in [0.25, 0.3) is 5.69 Å². The van der Waals surface area contributed by atoms with Gasteiger partial charge in [-0.3, -0.25) is 0 Å². The molecule has 1 N–H and O–H groups in total. The van der Waals surface area contributed by atoms with Crippen LogP contribution in [0, 0.1) is 4.91 Å². The van der Waals surface area contributed by atoms with Crippen molar-refractivity contribution in [2.75, 3.05) is 0 Å². The van der Waals surface area contributed by atoms with Gasteiger partial charge in [0.2, 0.25) is 0 Å². The van der Waals surface area contributed by atoms with E-state index in [9.17, 15) is 10.0 Å². The summed E-state index contributed by atoms with van der Waals surface area (Å²) in [4.78, 5) is 11.8. The van der Waals surface area contributed by atoms with Crippen LogP contribution in [0.4, 0.5) is 5.69 Å². The Kier molecular flexibility index (Phi) is 2.54. The number of aliphatic hydroxyl groups is 1. The van der Waals surface area contributed by atoms with Crippen molar-refractivity contribution < 1.29 is 9.87 Å². The molecule has 3 heteroatoms. The Labute approximate surface area is 105 Å². The highest BCUT2D eigenvalue weighted by Gasteiger charge is 2.29. The molecule has 3 nitrogen and oxygen atoms in total. The normalized spacial score (nSPS) is 17.6. The maximum atomic E-state index is 11.8. The van der Waals surface area contributed by atoms with Gasteiger partial charge in [0.1, 0.15) is 0 Å². The summed E-state index contributed by atoms with van der Waals surface area (Å²) in [6, 6.07) is 15.5. The first-order chi connectivity index (χ1) is 8.75. The maximum absolute atomic E-state index is 11.8. The van der Waals surface area contributed by atoms with Gasteiger partial charge in [0, 0.05) is 17.0 Å². The molecule has 0 saturated carbocycles. The molecule has 0 spiro atoms. The second-order valence-corrected chi connectivity index (χ2v) is 4.24. The number of hydrogen-bond donors (Lipinski definition) is 1. The van der Waals surface area contributed by atoms with Gasteiger partial charge in [0.15, 0.2) is 0 Å². The molecule has 0 radical (unpaired) electrons. The largest absolute Gasteiger partial charge is 0.330 e. The zero-order valence-corrected chi connectivity index (χ0v) is 9.65. The molecular formula is C15H12NO2+. The Morgan fingerprint density at radius 1 is 1.00 bits per heavy atom. The fraction of sp³-hybridized carbons (Fsp3) is 0.0667. The zero-order chi connectivity index (χ0) is 12.5. The van der Waals surface area contributed by atoms with Gasteiger partial charge in [0.05, 0.1) is 10.3 Å². The highest BCUT2D eigenvalue weighted by molar-refractivity contribution is 5.72. The first-order valence-corrected chi connectivity index (χ1v) is 5.78. The number of hydrogen-bond acceptors (Lipinski definition) is 2. The van der Waals surface area contributed by atoms with Gasteiger partial charge in [-0.1, -0.05) is 36.4 Å². The minimum Gasteiger partial charge on any atom is -0.330 e. The summed E-state index contributed by atoms with van der Waals surface area (Å²) in [5, 5.41) is 9.51. The van der Waals surface area contributed by atoms with Gasteiger partial charge < -0.3 is 5.11 Å². The molecule has 3 rings (SSSR count). The smallest absolute Gasteiger partial charge is 0.329 e. The lowest BCUT2D eigenvalue weighted by Crippen LogP contribution is -2.19. The van der Waals surface area contributed by atoms with E-state index >= 15 is 0 Å². The van der Waals surface area contributed by atoms with E-state index in [1.54, 1.807) is 6.08 Å². The predicted octanol–water partition coefficient (Wildman–Crippen LogP) is 3.11. The molecule has 1 heterocycles. The number of aliphatic hydroxyl groups excluding tert-OH is 1. The van der Waals surface area contributed by atoms with E-state index in [4.69, 9.17) is 0 Å². The average Bonchev–Trinajstić information content (AvgIpc) is 2.44. The molecule has 0 aliphatic carbocycles. The van der Waals surface area contributed by atoms with Crippen molar-refractivity contribution in [2.24, 2.45) is 0 Å². The van der Waals surface area contributed by atoms with Crippen LogP contribution in [0.15, 0.2) is 54.6 Å². The molecule has 0 fully saturated rings. The van der Waals surface area contributed by atoms with Gasteiger partial charge in [-0.2, -0.15) is 0 Å². The molecular weight excluding hydrogens is 226 g/mol. The Bertz CT molecular complexity index is 632. The van der Waals surface area contributed by atoms with E-state index in [2.05, 4.69) is 0 Å². The van der Waals surface area contributed by atoms with Crippen molar-refractivity contribution in [2.45, 2.75) is 6.23 Å². The first kappa shape index (κ1) is 10.9. The third-order valence-corrected chi connectivity index (χ3v) is 3.06. The molecule has 1 aliphatic rings. The molecule has 1 atom stereocenters. The summed E-state index contributed by atoms with van der Waals surface area (Å²) in [6.45, 7) is 0. The molecule has 0 saturated heterocycles. The molecule has 0 bridgehead atoms. The number of rotatable bonds is 1. The first-order valence-electron chi connectivity index (χ1n) is 5.78. The maximum Gasteiger partial charge on any atom is 0.329 e. The molecule has 2 aromatic rings. The van der Waals surface area contributed by atoms with Crippen molar-refractivity contribution >= 4 is 11.8 Å². The Balaban J connectivity index is 2.12. The monoisotopic (exact) mass is 238 g/mol. The van der Waals surface area contributed by atoms with E-state index in [1.807, 2.05) is 48.5 Å². The van der Waals surface area contributed by atoms with E-state index in [-0.39, 0.29) is 0 Å². The van der Waals surface area contributed by atoms with Gasteiger partial charge >= 0.3 is 6.23 Å². The Hall–Kier alpha value is -2.26. The van der Waals surface area contributed by atoms with Crippen LogP contribution in [0.3, 0.4) is 0 Å². The lowest BCUT2D eigenvalue weighted by molar-refractivity contribution is -0.541. The van der Waals surface area contributed by atoms with Crippen LogP contribution in [-0.2, 0) is 0 Å². The standard InChI is InChI=1S/C15H12NO2/c17-15-9-8-12-6-7-13(10-14(12)16(15)18)11-4-2-1-3-5-11/h1-10,15,17H/q+1. The summed E-state index contributed by atoms with van der Waals surface area (Å²) < 4.78 is 0.627. The van der Waals surface area contributed by atoms with E-state index in [0.717, 1.165) is 16.7 Å². The fourth-order valence-electron chi connectivity index (χ4n) is 2.10. The number of nitrogens with zero attached hydrogens (tertiary/aromatic N) is 1. The highest BCUT2D eigenvalue weighted by atomic mass is 16.4. The van der Waals surface area contributed by atoms with Crippen LogP contribution < -0.4 is 0 Å². The molecule has 1 aliphatic heterocycles. The summed E-state index contributed by atoms with van der Waals surface area (Å²) >= 11 is 0. The molecule has 2 aromatic carbocycles. The van der Waals surface area contributed by atoms with Crippen molar-refractivity contribution in [1.29, 1.82) is 0 Å². The Morgan fingerprint density at radius 2 is 1.78 bits per heavy atom. The van der Waals surface area contributed by atoms with Crippen LogP contribution in [0.2, 0.25) is 0 Å². The van der Waals surface area contributed by atoms with Crippen LogP contribution in [0.5, 0.6) is 0 Å². The van der Waals surface area contributed by atoms with Crippen molar-refractivity contribution in [3.8, 4) is 11.1 Å². The van der Waals surface area contributed by atoms with E-state index < -0.39 is 6.23 Å². The molecule has 0 aromatic heterocycles. The topological polar surface area (TPSA) is 40.3 Å². The minimum absolute atomic E-state index is 0.506. The minimum atomic E-state index is -1.09. The summed E-state index contributed by atoms with van der Waals surface area (Å²) in [6.07, 6.45) is 2.16. The van der Waals surface area contributed by atoms with E-state index in [1.165, 1.54) is 6.08 Å². The third kappa shape index (κ3) is 1.75. The van der Waals surface area contributed by atoms with Gasteiger partial charge in [-0.15, -0.1) is 0 Å². The van der Waals surface area contributed by atoms with Crippen LogP contribution >= 0.6 is 0 Å². The van der Waals surface area contributed by atoms with Crippen molar-refractivity contribution in [1.82, 2.24) is 0 Å². The van der Waals surface area contributed by atoms with Crippen molar-refractivity contribution in [3.05, 3.63) is 65.1 Å². The second kappa shape index (κ2) is 4.20. The number of fused-ring (bicyclic) bond motifs is 1. The molecule has 1 unspecified atom stereocenters. The zero-order valence-electron chi connectivity index (χ0n) is 9.65. The SMILES string of the molecule is O=[N+]1c2cc(-c3ccccc3)ccc2C=CC1O. The quantitative estimate of drug-likeness (QED) is 0.775. The Morgan fingerprint density at radius 3 is 2.56 bits per heavy atom. The van der Waals surface area contributed by atoms with Crippen molar-refractivity contribution in [3.63, 3.8) is 0 Å². The molecule has 0 amide bonds. The number of benzene rings is 2. The second-order valence-electron chi connectivity index (χ2n) is 4.24. The average molecular weight is 238 g/mol. The summed E-state index contributed by atoms with van der Waals surface area (Å²) in [5.74, 6) is 0. The summed E-state index contributed by atoms with van der Waals surface area (Å²) in [7, 11) is 0. The van der Waals surface area contributed by atoms with Gasteiger partial charge in [-0.25, -0.2) is 0 Å². The lowest BCUT2D eigenvalue weighted by Gasteiger charge is -2.08. The lowest BCUT2D eigenvalue weighted by atomic mass is 10.0. The van der Waals surface area contributed by atoms with E-state index in [0.29, 0.717) is 10.4 Å². The highest BCUT2D eigenvalue weighted by Crippen LogP contribution is 2.31. The molecule has 88 valence electrons. The van der Waals surface area contributed by atoms with Crippen LogP contribution in [0.25, 0.3) is 17.2 Å². The third-order valence-electron chi connectivity index (χ3n) is 3.06. The van der Waals surface area contributed by atoms with Gasteiger partial charge in [-0.05, 0) is 23.3 Å². The summed E-state index contributed by atoms with van der Waals surface area (Å²) in [5.41, 5.74) is 3.36. The van der Waals surface area contributed by atoms with Crippen LogP contribution in [-0.4, -0.2) is 16.1 Å². The fourth-order valence-corrected chi connectivity index (χ4v) is 2.10.